The predicted octanol–water partition coefficient (Wildman–Crippen LogP) is 2.52. The predicted molar refractivity (Wildman–Crippen MR) is 109 cm³/mol. The average molecular weight is 376 g/mol. The molecule has 2 atom stereocenters. The number of aliphatic hydroxyl groups is 1. The Balaban J connectivity index is 1.44. The summed E-state index contributed by atoms with van der Waals surface area (Å²) in [7, 11) is 0. The van der Waals surface area contributed by atoms with Crippen LogP contribution in [-0.4, -0.2) is 59.8 Å². The molecule has 0 aromatic rings. The zero-order chi connectivity index (χ0) is 19.3. The van der Waals surface area contributed by atoms with Crippen molar-refractivity contribution in [3.8, 4) is 0 Å². The van der Waals surface area contributed by atoms with Crippen molar-refractivity contribution < 1.29 is 9.90 Å². The molecule has 0 spiro atoms. The number of aliphatic hydroxyl groups excluding tert-OH is 1. The molecule has 152 valence electrons. The summed E-state index contributed by atoms with van der Waals surface area (Å²) < 4.78 is 0. The summed E-state index contributed by atoms with van der Waals surface area (Å²) in [5.74, 6) is 0.486. The van der Waals surface area contributed by atoms with Gasteiger partial charge in [-0.25, -0.2) is 0 Å². The van der Waals surface area contributed by atoms with E-state index in [1.54, 1.807) is 0 Å². The maximum Gasteiger partial charge on any atom is 0.224 e. The molecule has 0 aromatic carbocycles. The van der Waals surface area contributed by atoms with Crippen molar-refractivity contribution in [3.05, 3.63) is 24.8 Å². The minimum atomic E-state index is -0.326. The number of allylic oxidation sites excluding steroid dienone is 2. The molecule has 0 radical (unpaired) electrons. The first kappa shape index (κ1) is 20.6. The topological polar surface area (TPSA) is 69.8 Å². The first-order valence-corrected chi connectivity index (χ1v) is 10.8. The molecule has 2 unspecified atom stereocenters. The van der Waals surface area contributed by atoms with Gasteiger partial charge in [0.2, 0.25) is 5.91 Å². The summed E-state index contributed by atoms with van der Waals surface area (Å²) in [4.78, 5) is 16.5. The molecule has 2 aliphatic carbocycles. The summed E-state index contributed by atoms with van der Waals surface area (Å²) in [6.07, 6.45) is 14.9. The van der Waals surface area contributed by atoms with Crippen molar-refractivity contribution in [2.24, 2.45) is 23.0 Å². The number of piperazine rings is 1. The van der Waals surface area contributed by atoms with E-state index in [-0.39, 0.29) is 23.5 Å². The molecule has 0 bridgehead atoms. The smallest absolute Gasteiger partial charge is 0.224 e. The van der Waals surface area contributed by atoms with Crippen molar-refractivity contribution in [2.45, 2.75) is 57.6 Å². The van der Waals surface area contributed by atoms with Crippen LogP contribution in [0.4, 0.5) is 0 Å². The normalized spacial score (nSPS) is 26.7. The van der Waals surface area contributed by atoms with E-state index in [4.69, 9.17) is 5.73 Å². The highest BCUT2D eigenvalue weighted by Crippen LogP contribution is 2.53. The van der Waals surface area contributed by atoms with Crippen molar-refractivity contribution in [2.75, 3.05) is 32.7 Å². The fraction of sp³-hybridized carbons (Fsp3) is 0.773. The van der Waals surface area contributed by atoms with E-state index in [0.29, 0.717) is 5.92 Å². The van der Waals surface area contributed by atoms with E-state index < -0.39 is 0 Å². The molecule has 0 aromatic heterocycles. The highest BCUT2D eigenvalue weighted by atomic mass is 16.3. The number of carbonyl (C=O) groups is 1. The Morgan fingerprint density at radius 2 is 1.85 bits per heavy atom. The van der Waals surface area contributed by atoms with Gasteiger partial charge >= 0.3 is 0 Å². The van der Waals surface area contributed by atoms with E-state index in [1.807, 2.05) is 6.08 Å². The number of hydrogen-bond donors (Lipinski definition) is 2. The van der Waals surface area contributed by atoms with Crippen molar-refractivity contribution in [1.82, 2.24) is 9.80 Å². The van der Waals surface area contributed by atoms with Crippen LogP contribution in [0, 0.1) is 17.3 Å². The number of carbonyl (C=O) groups excluding carboxylic acids is 1. The van der Waals surface area contributed by atoms with Crippen LogP contribution in [0.5, 0.6) is 0 Å². The van der Waals surface area contributed by atoms with E-state index in [2.05, 4.69) is 28.5 Å². The average Bonchev–Trinajstić information content (AvgIpc) is 3.50. The van der Waals surface area contributed by atoms with Crippen molar-refractivity contribution in [3.63, 3.8) is 0 Å². The van der Waals surface area contributed by atoms with Gasteiger partial charge < -0.3 is 10.8 Å². The van der Waals surface area contributed by atoms with E-state index in [9.17, 15) is 9.90 Å². The van der Waals surface area contributed by atoms with Gasteiger partial charge in [0.25, 0.3) is 0 Å². The molecule has 1 amide bonds. The SMILES string of the molecule is C=CCC(/C=C\CN1CCN(C(O)C2CCCCC2)CC1)C1(C(N)=O)CC1. The largest absolute Gasteiger partial charge is 0.378 e. The zero-order valence-corrected chi connectivity index (χ0v) is 16.7. The molecule has 27 heavy (non-hydrogen) atoms. The van der Waals surface area contributed by atoms with Gasteiger partial charge in [-0.2, -0.15) is 0 Å². The first-order chi connectivity index (χ1) is 13.1. The summed E-state index contributed by atoms with van der Waals surface area (Å²) in [6.45, 7) is 8.58. The van der Waals surface area contributed by atoms with Crippen LogP contribution in [-0.2, 0) is 4.79 Å². The Bertz CT molecular complexity index is 530. The summed E-state index contributed by atoms with van der Waals surface area (Å²) in [5.41, 5.74) is 5.31. The van der Waals surface area contributed by atoms with Gasteiger partial charge in [0.05, 0.1) is 5.41 Å². The third kappa shape index (κ3) is 5.01. The third-order valence-electron chi connectivity index (χ3n) is 6.99. The van der Waals surface area contributed by atoms with Gasteiger partial charge in [-0.3, -0.25) is 14.6 Å². The number of amides is 1. The lowest BCUT2D eigenvalue weighted by Gasteiger charge is -2.40. The summed E-state index contributed by atoms with van der Waals surface area (Å²) in [6, 6.07) is 0. The standard InChI is InChI=1S/C22H37N3O2/c1-2-7-19(22(11-12-22)21(23)27)10-6-13-24-14-16-25(17-15-24)20(26)18-8-4-3-5-9-18/h2,6,10,18-20,26H,1,3-5,7-9,11-17H2,(H2,23,27)/b10-6-. The highest BCUT2D eigenvalue weighted by Gasteiger charge is 2.52. The van der Waals surface area contributed by atoms with Gasteiger partial charge in [-0.1, -0.05) is 37.5 Å². The molecule has 3 N–H and O–H groups in total. The first-order valence-electron chi connectivity index (χ1n) is 10.8. The third-order valence-corrected chi connectivity index (χ3v) is 6.99. The quantitative estimate of drug-likeness (QED) is 0.608. The second kappa shape index (κ2) is 9.35. The molecule has 1 saturated heterocycles. The van der Waals surface area contributed by atoms with Gasteiger partial charge in [0.15, 0.2) is 0 Å². The fourth-order valence-electron chi connectivity index (χ4n) is 4.92. The molecule has 1 heterocycles. The van der Waals surface area contributed by atoms with Crippen LogP contribution in [0.1, 0.15) is 51.4 Å². The van der Waals surface area contributed by atoms with Crippen LogP contribution in [0.2, 0.25) is 0 Å². The summed E-state index contributed by atoms with van der Waals surface area (Å²) >= 11 is 0. The Labute approximate surface area is 164 Å². The number of hydrogen-bond acceptors (Lipinski definition) is 4. The Morgan fingerprint density at radius 3 is 2.41 bits per heavy atom. The maximum atomic E-state index is 11.8. The Morgan fingerprint density at radius 1 is 1.19 bits per heavy atom. The number of nitrogens with zero attached hydrogens (tertiary/aromatic N) is 2. The molecule has 2 saturated carbocycles. The second-order valence-electron chi connectivity index (χ2n) is 8.73. The number of rotatable bonds is 9. The molecule has 3 fully saturated rings. The molecule has 5 nitrogen and oxygen atoms in total. The Hall–Kier alpha value is -1.17. The minimum absolute atomic E-state index is 0.163. The lowest BCUT2D eigenvalue weighted by atomic mass is 9.85. The van der Waals surface area contributed by atoms with E-state index in [0.717, 1.165) is 52.0 Å². The van der Waals surface area contributed by atoms with E-state index >= 15 is 0 Å². The van der Waals surface area contributed by atoms with E-state index in [1.165, 1.54) is 32.1 Å². The van der Waals surface area contributed by atoms with Crippen LogP contribution in [0.25, 0.3) is 0 Å². The lowest BCUT2D eigenvalue weighted by Crippen LogP contribution is -2.52. The Kier molecular flexibility index (Phi) is 7.12. The second-order valence-corrected chi connectivity index (χ2v) is 8.73. The number of nitrogens with two attached hydrogens (primary N) is 1. The molecule has 3 rings (SSSR count). The minimum Gasteiger partial charge on any atom is -0.378 e. The molecular formula is C22H37N3O2. The molecule has 3 aliphatic rings. The maximum absolute atomic E-state index is 11.8. The van der Waals surface area contributed by atoms with Crippen LogP contribution < -0.4 is 5.73 Å². The molecule has 1 aliphatic heterocycles. The van der Waals surface area contributed by atoms with Crippen LogP contribution in [0.15, 0.2) is 24.8 Å². The monoisotopic (exact) mass is 375 g/mol. The van der Waals surface area contributed by atoms with Gasteiger partial charge in [-0.05, 0) is 43.9 Å². The lowest BCUT2D eigenvalue weighted by molar-refractivity contribution is -0.124. The van der Waals surface area contributed by atoms with Gasteiger partial charge in [0.1, 0.15) is 6.23 Å². The fourth-order valence-corrected chi connectivity index (χ4v) is 4.92. The summed E-state index contributed by atoms with van der Waals surface area (Å²) in [5, 5.41) is 10.7. The van der Waals surface area contributed by atoms with Crippen LogP contribution >= 0.6 is 0 Å². The zero-order valence-electron chi connectivity index (χ0n) is 16.7. The van der Waals surface area contributed by atoms with Crippen LogP contribution in [0.3, 0.4) is 0 Å². The molecular weight excluding hydrogens is 338 g/mol. The van der Waals surface area contributed by atoms with Crippen molar-refractivity contribution >= 4 is 5.91 Å². The highest BCUT2D eigenvalue weighted by molar-refractivity contribution is 5.84. The molecule has 5 heteroatoms. The number of primary amides is 1. The van der Waals surface area contributed by atoms with Gasteiger partial charge in [0, 0.05) is 32.7 Å². The van der Waals surface area contributed by atoms with Gasteiger partial charge in [-0.15, -0.1) is 6.58 Å². The van der Waals surface area contributed by atoms with Crippen molar-refractivity contribution in [1.29, 1.82) is 0 Å².